The highest BCUT2D eigenvalue weighted by Gasteiger charge is 2.19. The number of halogens is 1. The zero-order chi connectivity index (χ0) is 18.2. The Bertz CT molecular complexity index is 529. The van der Waals surface area contributed by atoms with Crippen LogP contribution < -0.4 is 5.32 Å². The van der Waals surface area contributed by atoms with Crippen molar-refractivity contribution in [2.24, 2.45) is 0 Å². The number of hydrogen-bond donors (Lipinski definition) is 1. The molecule has 24 heavy (non-hydrogen) atoms. The van der Waals surface area contributed by atoms with E-state index < -0.39 is 11.7 Å². The molecule has 0 aliphatic rings. The number of carbonyl (C=O) groups is 2. The summed E-state index contributed by atoms with van der Waals surface area (Å²) in [5.41, 5.74) is 0.515. The molecule has 1 aromatic carbocycles. The van der Waals surface area contributed by atoms with Crippen LogP contribution in [0.5, 0.6) is 0 Å². The standard InChI is InChI=1S/C18H27ClN2O3/c1-14(20-17(23)24-18(2,3)4)10-11-21(16(22)12-19)13-15-8-6-5-7-9-15/h5-9,14H,10-13H2,1-4H3,(H,20,23)/t14-/m1/s1. The largest absolute Gasteiger partial charge is 0.444 e. The molecule has 1 aromatic rings. The molecule has 1 atom stereocenters. The van der Waals surface area contributed by atoms with E-state index in [4.69, 9.17) is 16.3 Å². The van der Waals surface area contributed by atoms with Crippen LogP contribution in [0, 0.1) is 0 Å². The second-order valence-corrected chi connectivity index (χ2v) is 7.04. The molecule has 0 fully saturated rings. The number of nitrogens with one attached hydrogen (secondary N) is 1. The number of nitrogens with zero attached hydrogens (tertiary/aromatic N) is 1. The Labute approximate surface area is 149 Å². The number of amides is 2. The van der Waals surface area contributed by atoms with Crippen LogP contribution in [0.1, 0.15) is 39.7 Å². The quantitative estimate of drug-likeness (QED) is 0.762. The number of hydrogen-bond acceptors (Lipinski definition) is 3. The van der Waals surface area contributed by atoms with Crippen LogP contribution in [0.4, 0.5) is 4.79 Å². The summed E-state index contributed by atoms with van der Waals surface area (Å²) in [5.74, 6) is -0.175. The lowest BCUT2D eigenvalue weighted by molar-refractivity contribution is -0.129. The van der Waals surface area contributed by atoms with E-state index in [2.05, 4.69) is 5.32 Å². The Morgan fingerprint density at radius 2 is 1.88 bits per heavy atom. The third-order valence-electron chi connectivity index (χ3n) is 3.28. The Morgan fingerprint density at radius 1 is 1.25 bits per heavy atom. The van der Waals surface area contributed by atoms with Gasteiger partial charge in [-0.1, -0.05) is 30.3 Å². The summed E-state index contributed by atoms with van der Waals surface area (Å²) < 4.78 is 5.23. The molecule has 0 radical (unpaired) electrons. The van der Waals surface area contributed by atoms with Crippen molar-refractivity contribution in [1.29, 1.82) is 0 Å². The molecule has 0 spiro atoms. The smallest absolute Gasteiger partial charge is 0.407 e. The van der Waals surface area contributed by atoms with Gasteiger partial charge in [0.15, 0.2) is 0 Å². The first-order chi connectivity index (χ1) is 11.2. The van der Waals surface area contributed by atoms with E-state index in [1.54, 1.807) is 4.90 Å². The molecule has 0 saturated heterocycles. The third kappa shape index (κ3) is 8.20. The van der Waals surface area contributed by atoms with Crippen molar-refractivity contribution in [3.63, 3.8) is 0 Å². The molecular formula is C18H27ClN2O3. The number of alkyl carbamates (subject to hydrolysis) is 1. The second-order valence-electron chi connectivity index (χ2n) is 6.77. The van der Waals surface area contributed by atoms with Gasteiger partial charge >= 0.3 is 6.09 Å². The minimum atomic E-state index is -0.530. The lowest BCUT2D eigenvalue weighted by Crippen LogP contribution is -2.40. The molecule has 5 nitrogen and oxygen atoms in total. The maximum absolute atomic E-state index is 12.0. The highest BCUT2D eigenvalue weighted by Crippen LogP contribution is 2.09. The maximum Gasteiger partial charge on any atom is 0.407 e. The Hall–Kier alpha value is -1.75. The van der Waals surface area contributed by atoms with Crippen LogP contribution in [0.3, 0.4) is 0 Å². The van der Waals surface area contributed by atoms with E-state index in [9.17, 15) is 9.59 Å². The minimum Gasteiger partial charge on any atom is -0.444 e. The number of rotatable bonds is 7. The van der Waals surface area contributed by atoms with Crippen LogP contribution in [0.15, 0.2) is 30.3 Å². The molecule has 1 rings (SSSR count). The first-order valence-electron chi connectivity index (χ1n) is 8.08. The van der Waals surface area contributed by atoms with Gasteiger partial charge in [-0.15, -0.1) is 11.6 Å². The van der Waals surface area contributed by atoms with Gasteiger partial charge in [-0.2, -0.15) is 0 Å². The molecule has 6 heteroatoms. The highest BCUT2D eigenvalue weighted by molar-refractivity contribution is 6.27. The van der Waals surface area contributed by atoms with E-state index in [1.807, 2.05) is 58.0 Å². The first kappa shape index (κ1) is 20.3. The van der Waals surface area contributed by atoms with Gasteiger partial charge in [-0.05, 0) is 39.7 Å². The van der Waals surface area contributed by atoms with Crippen LogP contribution in [-0.2, 0) is 16.1 Å². The van der Waals surface area contributed by atoms with E-state index in [0.717, 1.165) is 5.56 Å². The Balaban J connectivity index is 2.52. The molecular weight excluding hydrogens is 328 g/mol. The lowest BCUT2D eigenvalue weighted by Gasteiger charge is -2.25. The normalized spacial score (nSPS) is 12.4. The van der Waals surface area contributed by atoms with Gasteiger partial charge in [-0.3, -0.25) is 4.79 Å². The number of ether oxygens (including phenoxy) is 1. The zero-order valence-corrected chi connectivity index (χ0v) is 15.6. The Morgan fingerprint density at radius 3 is 2.42 bits per heavy atom. The fourth-order valence-corrected chi connectivity index (χ4v) is 2.28. The molecule has 0 aromatic heterocycles. The Kier molecular flexibility index (Phi) is 8.05. The average Bonchev–Trinajstić information content (AvgIpc) is 2.49. The van der Waals surface area contributed by atoms with Crippen LogP contribution in [-0.4, -0.2) is 41.0 Å². The molecule has 0 aliphatic carbocycles. The summed E-state index contributed by atoms with van der Waals surface area (Å²) in [6, 6.07) is 9.63. The van der Waals surface area contributed by atoms with E-state index in [0.29, 0.717) is 19.5 Å². The topological polar surface area (TPSA) is 58.6 Å². The summed E-state index contributed by atoms with van der Waals surface area (Å²) >= 11 is 5.70. The third-order valence-corrected chi connectivity index (χ3v) is 3.51. The van der Waals surface area contributed by atoms with Crippen LogP contribution >= 0.6 is 11.6 Å². The minimum absolute atomic E-state index is 0.0549. The number of carbonyl (C=O) groups excluding carboxylic acids is 2. The summed E-state index contributed by atoms with van der Waals surface area (Å²) in [6.45, 7) is 8.35. The summed E-state index contributed by atoms with van der Waals surface area (Å²) in [6.07, 6.45) is 0.169. The first-order valence-corrected chi connectivity index (χ1v) is 8.62. The molecule has 0 saturated carbocycles. The second kappa shape index (κ2) is 9.52. The molecule has 0 bridgehead atoms. The predicted octanol–water partition coefficient (Wildman–Crippen LogP) is 3.56. The monoisotopic (exact) mass is 354 g/mol. The van der Waals surface area contributed by atoms with E-state index in [1.165, 1.54) is 0 Å². The van der Waals surface area contributed by atoms with Gasteiger partial charge in [0.25, 0.3) is 0 Å². The zero-order valence-electron chi connectivity index (χ0n) is 14.8. The van der Waals surface area contributed by atoms with Crippen LogP contribution in [0.25, 0.3) is 0 Å². The molecule has 0 unspecified atom stereocenters. The van der Waals surface area contributed by atoms with Gasteiger partial charge in [0.1, 0.15) is 11.5 Å². The summed E-state index contributed by atoms with van der Waals surface area (Å²) in [4.78, 5) is 25.5. The van der Waals surface area contributed by atoms with E-state index in [-0.39, 0.29) is 17.8 Å². The van der Waals surface area contributed by atoms with Gasteiger partial charge in [-0.25, -0.2) is 4.79 Å². The molecule has 0 heterocycles. The highest BCUT2D eigenvalue weighted by atomic mass is 35.5. The maximum atomic E-state index is 12.0. The van der Waals surface area contributed by atoms with Gasteiger partial charge < -0.3 is 15.0 Å². The lowest BCUT2D eigenvalue weighted by atomic mass is 10.2. The number of alkyl halides is 1. The van der Waals surface area contributed by atoms with Crippen LogP contribution in [0.2, 0.25) is 0 Å². The van der Waals surface area contributed by atoms with Crippen molar-refractivity contribution in [3.8, 4) is 0 Å². The average molecular weight is 355 g/mol. The van der Waals surface area contributed by atoms with Crippen molar-refractivity contribution in [1.82, 2.24) is 10.2 Å². The van der Waals surface area contributed by atoms with Crippen molar-refractivity contribution in [3.05, 3.63) is 35.9 Å². The molecule has 2 amide bonds. The van der Waals surface area contributed by atoms with Crippen molar-refractivity contribution in [2.45, 2.75) is 52.3 Å². The fraction of sp³-hybridized carbons (Fsp3) is 0.556. The van der Waals surface area contributed by atoms with Crippen molar-refractivity contribution in [2.75, 3.05) is 12.4 Å². The predicted molar refractivity (Wildman–Crippen MR) is 96.0 cm³/mol. The van der Waals surface area contributed by atoms with Crippen molar-refractivity contribution >= 4 is 23.6 Å². The summed E-state index contributed by atoms with van der Waals surface area (Å²) in [7, 11) is 0. The van der Waals surface area contributed by atoms with Gasteiger partial charge in [0, 0.05) is 19.1 Å². The SMILES string of the molecule is C[C@H](CCN(Cc1ccccc1)C(=O)CCl)NC(=O)OC(C)(C)C. The fourth-order valence-electron chi connectivity index (χ4n) is 2.11. The van der Waals surface area contributed by atoms with Crippen molar-refractivity contribution < 1.29 is 14.3 Å². The molecule has 1 N–H and O–H groups in total. The van der Waals surface area contributed by atoms with Gasteiger partial charge in [0.2, 0.25) is 5.91 Å². The molecule has 0 aliphatic heterocycles. The number of benzene rings is 1. The molecule has 134 valence electrons. The summed E-state index contributed by atoms with van der Waals surface area (Å²) in [5, 5.41) is 2.78. The van der Waals surface area contributed by atoms with Gasteiger partial charge in [0.05, 0.1) is 0 Å². The van der Waals surface area contributed by atoms with E-state index >= 15 is 0 Å².